The Morgan fingerprint density at radius 3 is 2.82 bits per heavy atom. The maximum absolute atomic E-state index is 12.0. The summed E-state index contributed by atoms with van der Waals surface area (Å²) in [5.74, 6) is 0.681. The van der Waals surface area contributed by atoms with Crippen LogP contribution in [0.2, 0.25) is 0 Å². The number of rotatable bonds is 5. The number of ketones is 1. The smallest absolute Gasteiger partial charge is 0.193 e. The lowest BCUT2D eigenvalue weighted by Gasteiger charge is -2.06. The van der Waals surface area contributed by atoms with E-state index < -0.39 is 0 Å². The normalized spacial score (nSPS) is 18.5. The molecule has 1 aromatic heterocycles. The Morgan fingerprint density at radius 2 is 2.18 bits per heavy atom. The van der Waals surface area contributed by atoms with Crippen molar-refractivity contribution >= 4 is 17.1 Å². The molecule has 1 aromatic rings. The third kappa shape index (κ3) is 3.15. The quantitative estimate of drug-likeness (QED) is 0.755. The first kappa shape index (κ1) is 12.7. The molecule has 0 N–H and O–H groups in total. The second-order valence-corrected chi connectivity index (χ2v) is 5.53. The van der Waals surface area contributed by atoms with Gasteiger partial charge in [-0.3, -0.25) is 4.79 Å². The predicted octanol–water partition coefficient (Wildman–Crippen LogP) is 3.41. The molecule has 1 aliphatic rings. The molecule has 1 fully saturated rings. The summed E-state index contributed by atoms with van der Waals surface area (Å²) in [5, 5.41) is 0. The highest BCUT2D eigenvalue weighted by Gasteiger charge is 2.21. The van der Waals surface area contributed by atoms with E-state index in [0.717, 1.165) is 16.2 Å². The third-order valence-corrected chi connectivity index (χ3v) is 4.13. The van der Waals surface area contributed by atoms with E-state index in [-0.39, 0.29) is 12.1 Å². The molecule has 0 aromatic carbocycles. The van der Waals surface area contributed by atoms with Crippen molar-refractivity contribution in [1.29, 1.82) is 0 Å². The summed E-state index contributed by atoms with van der Waals surface area (Å²) in [4.78, 5) is 13.8. The molecule has 0 amide bonds. The molecular weight excluding hydrogens is 236 g/mol. The lowest BCUT2D eigenvalue weighted by molar-refractivity contribution is -0.0413. The summed E-state index contributed by atoms with van der Waals surface area (Å²) < 4.78 is 10.8. The Labute approximate surface area is 106 Å². The van der Waals surface area contributed by atoms with E-state index in [1.807, 2.05) is 12.1 Å². The van der Waals surface area contributed by atoms with Crippen LogP contribution < -0.4 is 0 Å². The first-order chi connectivity index (χ1) is 8.20. The van der Waals surface area contributed by atoms with Gasteiger partial charge in [-0.15, -0.1) is 11.3 Å². The molecule has 0 bridgehead atoms. The standard InChI is InChI=1S/C13H18O3S/c1-3-9(2)8-10(14)11-4-5-12(17-11)13-15-6-7-16-13/h4-5,9,13H,3,6-8H2,1-2H3/t9-/m0/s1. The largest absolute Gasteiger partial charge is 0.345 e. The highest BCUT2D eigenvalue weighted by Crippen LogP contribution is 2.30. The number of ether oxygens (including phenoxy) is 2. The van der Waals surface area contributed by atoms with E-state index in [1.54, 1.807) is 0 Å². The average molecular weight is 254 g/mol. The van der Waals surface area contributed by atoms with Crippen molar-refractivity contribution in [1.82, 2.24) is 0 Å². The summed E-state index contributed by atoms with van der Waals surface area (Å²) >= 11 is 1.49. The molecular formula is C13H18O3S. The van der Waals surface area contributed by atoms with Crippen molar-refractivity contribution in [3.8, 4) is 0 Å². The fraction of sp³-hybridized carbons (Fsp3) is 0.615. The van der Waals surface area contributed by atoms with Crippen molar-refractivity contribution < 1.29 is 14.3 Å². The van der Waals surface area contributed by atoms with Crippen molar-refractivity contribution in [2.75, 3.05) is 13.2 Å². The Bertz CT molecular complexity index is 380. The summed E-state index contributed by atoms with van der Waals surface area (Å²) in [6, 6.07) is 3.82. The van der Waals surface area contributed by atoms with Crippen LogP contribution in [0.1, 0.15) is 47.5 Å². The zero-order valence-corrected chi connectivity index (χ0v) is 11.1. The molecule has 0 aliphatic carbocycles. The van der Waals surface area contributed by atoms with Gasteiger partial charge >= 0.3 is 0 Å². The van der Waals surface area contributed by atoms with Crippen LogP contribution in [-0.4, -0.2) is 19.0 Å². The molecule has 1 aliphatic heterocycles. The van der Waals surface area contributed by atoms with Gasteiger partial charge in [0, 0.05) is 6.42 Å². The fourth-order valence-corrected chi connectivity index (χ4v) is 2.67. The Morgan fingerprint density at radius 1 is 1.47 bits per heavy atom. The number of hydrogen-bond donors (Lipinski definition) is 0. The van der Waals surface area contributed by atoms with Gasteiger partial charge in [0.1, 0.15) is 0 Å². The molecule has 1 atom stereocenters. The highest BCUT2D eigenvalue weighted by atomic mass is 32.1. The summed E-state index contributed by atoms with van der Waals surface area (Å²) in [7, 11) is 0. The minimum Gasteiger partial charge on any atom is -0.345 e. The average Bonchev–Trinajstić information content (AvgIpc) is 2.98. The van der Waals surface area contributed by atoms with Gasteiger partial charge in [-0.2, -0.15) is 0 Å². The highest BCUT2D eigenvalue weighted by molar-refractivity contribution is 7.14. The summed E-state index contributed by atoms with van der Waals surface area (Å²) in [6.45, 7) is 5.49. The first-order valence-corrected chi connectivity index (χ1v) is 6.88. The molecule has 0 spiro atoms. The maximum atomic E-state index is 12.0. The molecule has 1 saturated heterocycles. The zero-order chi connectivity index (χ0) is 12.3. The second kappa shape index (κ2) is 5.76. The number of Topliss-reactive ketones (excluding diaryl/α,β-unsaturated/α-hetero) is 1. The predicted molar refractivity (Wildman–Crippen MR) is 67.4 cm³/mol. The Kier molecular flexibility index (Phi) is 4.31. The number of carbonyl (C=O) groups is 1. The molecule has 3 nitrogen and oxygen atoms in total. The van der Waals surface area contributed by atoms with E-state index in [9.17, 15) is 4.79 Å². The lowest BCUT2D eigenvalue weighted by atomic mass is 10.0. The van der Waals surface area contributed by atoms with Crippen molar-refractivity contribution in [3.63, 3.8) is 0 Å². The van der Waals surface area contributed by atoms with Crippen LogP contribution in [0.25, 0.3) is 0 Å². The van der Waals surface area contributed by atoms with E-state index in [4.69, 9.17) is 9.47 Å². The van der Waals surface area contributed by atoms with Gasteiger partial charge in [-0.1, -0.05) is 20.3 Å². The van der Waals surface area contributed by atoms with Crippen molar-refractivity contribution in [2.24, 2.45) is 5.92 Å². The molecule has 17 heavy (non-hydrogen) atoms. The van der Waals surface area contributed by atoms with Crippen LogP contribution in [0.3, 0.4) is 0 Å². The molecule has 0 unspecified atom stereocenters. The van der Waals surface area contributed by atoms with Crippen LogP contribution >= 0.6 is 11.3 Å². The molecule has 2 heterocycles. The van der Waals surface area contributed by atoms with Crippen molar-refractivity contribution in [2.45, 2.75) is 33.0 Å². The van der Waals surface area contributed by atoms with Crippen LogP contribution in [0.15, 0.2) is 12.1 Å². The van der Waals surface area contributed by atoms with Crippen molar-refractivity contribution in [3.05, 3.63) is 21.9 Å². The SMILES string of the molecule is CC[C@H](C)CC(=O)c1ccc(C2OCCO2)s1. The number of thiophene rings is 1. The van der Waals surface area contributed by atoms with Crippen LogP contribution in [0.5, 0.6) is 0 Å². The monoisotopic (exact) mass is 254 g/mol. The van der Waals surface area contributed by atoms with Gasteiger partial charge in [-0.05, 0) is 18.1 Å². The molecule has 0 saturated carbocycles. The summed E-state index contributed by atoms with van der Waals surface area (Å²) in [6.07, 6.45) is 1.41. The van der Waals surface area contributed by atoms with E-state index in [1.165, 1.54) is 11.3 Å². The van der Waals surface area contributed by atoms with Gasteiger partial charge < -0.3 is 9.47 Å². The zero-order valence-electron chi connectivity index (χ0n) is 10.3. The second-order valence-electron chi connectivity index (χ2n) is 4.42. The topological polar surface area (TPSA) is 35.5 Å². The van der Waals surface area contributed by atoms with Gasteiger partial charge in [0.2, 0.25) is 0 Å². The van der Waals surface area contributed by atoms with Crippen LogP contribution in [0.4, 0.5) is 0 Å². The van der Waals surface area contributed by atoms with Gasteiger partial charge in [-0.25, -0.2) is 0 Å². The van der Waals surface area contributed by atoms with E-state index >= 15 is 0 Å². The van der Waals surface area contributed by atoms with E-state index in [0.29, 0.717) is 25.6 Å². The van der Waals surface area contributed by atoms with Gasteiger partial charge in [0.05, 0.1) is 23.0 Å². The fourth-order valence-electron chi connectivity index (χ4n) is 1.71. The molecule has 2 rings (SSSR count). The third-order valence-electron chi connectivity index (χ3n) is 2.99. The summed E-state index contributed by atoms with van der Waals surface area (Å²) in [5.41, 5.74) is 0. The van der Waals surface area contributed by atoms with Crippen LogP contribution in [-0.2, 0) is 9.47 Å². The minimum absolute atomic E-state index is 0.230. The van der Waals surface area contributed by atoms with Crippen LogP contribution in [0, 0.1) is 5.92 Å². The Balaban J connectivity index is 1.99. The Hall–Kier alpha value is -0.710. The minimum atomic E-state index is -0.259. The molecule has 4 heteroatoms. The molecule has 94 valence electrons. The lowest BCUT2D eigenvalue weighted by Crippen LogP contribution is -2.03. The molecule has 0 radical (unpaired) electrons. The number of carbonyl (C=O) groups excluding carboxylic acids is 1. The van der Waals surface area contributed by atoms with E-state index in [2.05, 4.69) is 13.8 Å². The maximum Gasteiger partial charge on any atom is 0.193 e. The number of hydrogen-bond acceptors (Lipinski definition) is 4. The first-order valence-electron chi connectivity index (χ1n) is 6.06. The van der Waals surface area contributed by atoms with Gasteiger partial charge in [0.25, 0.3) is 0 Å². The van der Waals surface area contributed by atoms with Gasteiger partial charge in [0.15, 0.2) is 12.1 Å².